The predicted octanol–water partition coefficient (Wildman–Crippen LogP) is 6.46. The van der Waals surface area contributed by atoms with Gasteiger partial charge in [0.05, 0.1) is 38.8 Å². The number of nitrogens with two attached hydrogens (primary N) is 2. The first-order valence-electron chi connectivity index (χ1n) is 16.2. The molecule has 248 valence electrons. The van der Waals surface area contributed by atoms with Crippen molar-refractivity contribution in [3.63, 3.8) is 0 Å². The number of ether oxygens (including phenoxy) is 3. The maximum absolute atomic E-state index is 12.5. The van der Waals surface area contributed by atoms with E-state index in [0.717, 1.165) is 12.8 Å². The van der Waals surface area contributed by atoms with Gasteiger partial charge in [0.1, 0.15) is 11.9 Å². The van der Waals surface area contributed by atoms with Gasteiger partial charge < -0.3 is 39.7 Å². The number of imidazole rings is 1. The topological polar surface area (TPSA) is 170 Å². The van der Waals surface area contributed by atoms with Crippen molar-refractivity contribution in [2.45, 2.75) is 122 Å². The molecule has 43 heavy (non-hydrogen) atoms. The fraction of sp³-hybridized carbons (Fsp3) is 0.833. The van der Waals surface area contributed by atoms with Crippen molar-refractivity contribution < 1.29 is 28.2 Å². The van der Waals surface area contributed by atoms with Crippen LogP contribution in [0.5, 0.6) is 0 Å². The number of nitrogens with zero attached hydrogens (tertiary/aromatic N) is 4. The smallest absolute Gasteiger partial charge is 0.353 e. The first-order valence-corrected chi connectivity index (χ1v) is 18.0. The van der Waals surface area contributed by atoms with Crippen molar-refractivity contribution in [3.05, 3.63) is 6.33 Å². The van der Waals surface area contributed by atoms with Crippen molar-refractivity contribution >= 4 is 30.5 Å². The molecule has 0 spiro atoms. The molecule has 0 aromatic carbocycles. The second-order valence-electron chi connectivity index (χ2n) is 11.3. The third-order valence-corrected chi connectivity index (χ3v) is 8.46. The van der Waals surface area contributed by atoms with Crippen LogP contribution >= 0.6 is 7.60 Å². The highest BCUT2D eigenvalue weighted by atomic mass is 31.2. The van der Waals surface area contributed by atoms with Crippen LogP contribution in [0.25, 0.3) is 11.2 Å². The molecule has 2 heterocycles. The van der Waals surface area contributed by atoms with Crippen LogP contribution in [-0.2, 0) is 29.8 Å². The van der Waals surface area contributed by atoms with E-state index in [1.54, 1.807) is 4.57 Å². The van der Waals surface area contributed by atoms with E-state index >= 15 is 0 Å². The highest BCUT2D eigenvalue weighted by molar-refractivity contribution is 7.52. The Labute approximate surface area is 258 Å². The van der Waals surface area contributed by atoms with Gasteiger partial charge in [-0.3, -0.25) is 4.57 Å². The van der Waals surface area contributed by atoms with Gasteiger partial charge in [-0.2, -0.15) is 9.97 Å². The van der Waals surface area contributed by atoms with Crippen molar-refractivity contribution in [2.24, 2.45) is 0 Å². The molecular formula is C30H57N6O6P. The number of rotatable bonds is 28. The average molecular weight is 629 g/mol. The van der Waals surface area contributed by atoms with Crippen LogP contribution in [-0.4, -0.2) is 70.4 Å². The van der Waals surface area contributed by atoms with Crippen molar-refractivity contribution in [1.82, 2.24) is 19.5 Å². The fourth-order valence-corrected chi connectivity index (χ4v) is 5.84. The zero-order chi connectivity index (χ0) is 31.2. The van der Waals surface area contributed by atoms with Gasteiger partial charge in [-0.25, -0.2) is 4.98 Å². The van der Waals surface area contributed by atoms with Crippen LogP contribution in [0.2, 0.25) is 0 Å². The molecule has 0 fully saturated rings. The maximum Gasteiger partial charge on any atom is 0.353 e. The van der Waals surface area contributed by atoms with Gasteiger partial charge >= 0.3 is 7.60 Å². The third-order valence-electron chi connectivity index (χ3n) is 7.40. The van der Waals surface area contributed by atoms with Crippen molar-refractivity contribution in [3.8, 4) is 0 Å². The largest absolute Gasteiger partial charge is 0.382 e. The standard InChI is InChI=1S/C30H57N6O6P/c1-3-4-5-6-7-8-9-10-11-12-13-14-15-16-17-18-19-40-20-21-42-43(37,38)25-41-26(23-39-2)22-36-24-33-27-28(31)34-30(32)35-29(27)36/h24,26H,3-23,25H2,1-2H3,(H,37,38)(H4,31,32,34,35)/t26-/m0/s1. The number of hydrogen-bond donors (Lipinski definition) is 3. The lowest BCUT2D eigenvalue weighted by molar-refractivity contribution is 0.00122. The monoisotopic (exact) mass is 628 g/mol. The summed E-state index contributed by atoms with van der Waals surface area (Å²) in [6, 6.07) is 0. The molecule has 0 saturated carbocycles. The van der Waals surface area contributed by atoms with E-state index in [4.69, 9.17) is 30.2 Å². The summed E-state index contributed by atoms with van der Waals surface area (Å²) in [5.41, 5.74) is 12.4. The Morgan fingerprint density at radius 2 is 1.44 bits per heavy atom. The molecule has 2 aromatic rings. The van der Waals surface area contributed by atoms with Gasteiger partial charge in [0.25, 0.3) is 0 Å². The van der Waals surface area contributed by atoms with Crippen LogP contribution in [0.1, 0.15) is 110 Å². The van der Waals surface area contributed by atoms with Gasteiger partial charge in [-0.05, 0) is 6.42 Å². The Hall–Kier alpha value is -1.82. The van der Waals surface area contributed by atoms with Crippen LogP contribution in [0.4, 0.5) is 11.8 Å². The Kier molecular flexibility index (Phi) is 19.7. The molecular weight excluding hydrogens is 571 g/mol. The zero-order valence-corrected chi connectivity index (χ0v) is 27.5. The van der Waals surface area contributed by atoms with E-state index in [1.807, 2.05) is 0 Å². The van der Waals surface area contributed by atoms with Crippen LogP contribution < -0.4 is 11.5 Å². The van der Waals surface area contributed by atoms with Crippen LogP contribution in [0, 0.1) is 0 Å². The lowest BCUT2D eigenvalue weighted by atomic mass is 10.0. The van der Waals surface area contributed by atoms with E-state index in [9.17, 15) is 9.46 Å². The fourth-order valence-electron chi connectivity index (χ4n) is 5.01. The number of fused-ring (bicyclic) bond motifs is 1. The summed E-state index contributed by atoms with van der Waals surface area (Å²) < 4.78 is 35.8. The Balaban J connectivity index is 1.45. The SMILES string of the molecule is CCCCCCCCCCCCCCCCCCOCCOP(=O)(O)CO[C@H](COC)Cn1cnc2c(N)nc(N)nc21. The average Bonchev–Trinajstić information content (AvgIpc) is 3.37. The van der Waals surface area contributed by atoms with Gasteiger partial charge in [0.2, 0.25) is 5.95 Å². The summed E-state index contributed by atoms with van der Waals surface area (Å²) in [7, 11) is -2.45. The number of anilines is 2. The number of hydrogen-bond acceptors (Lipinski definition) is 10. The lowest BCUT2D eigenvalue weighted by Crippen LogP contribution is -2.26. The molecule has 2 atom stereocenters. The minimum atomic E-state index is -3.97. The van der Waals surface area contributed by atoms with Gasteiger partial charge in [-0.1, -0.05) is 103 Å². The first kappa shape index (κ1) is 37.4. The van der Waals surface area contributed by atoms with Crippen molar-refractivity contribution in [1.29, 1.82) is 0 Å². The van der Waals surface area contributed by atoms with E-state index in [0.29, 0.717) is 17.8 Å². The summed E-state index contributed by atoms with van der Waals surface area (Å²) in [5, 5.41) is 0. The second kappa shape index (κ2) is 22.7. The van der Waals surface area contributed by atoms with E-state index < -0.39 is 20.0 Å². The van der Waals surface area contributed by atoms with E-state index in [1.165, 1.54) is 103 Å². The van der Waals surface area contributed by atoms with Crippen LogP contribution in [0.3, 0.4) is 0 Å². The maximum atomic E-state index is 12.5. The number of aromatic nitrogens is 4. The Morgan fingerprint density at radius 1 is 0.860 bits per heavy atom. The summed E-state index contributed by atoms with van der Waals surface area (Å²) in [5.74, 6) is 0.206. The van der Waals surface area contributed by atoms with Gasteiger partial charge in [0, 0.05) is 13.7 Å². The highest BCUT2D eigenvalue weighted by Gasteiger charge is 2.23. The lowest BCUT2D eigenvalue weighted by Gasteiger charge is -2.20. The first-order chi connectivity index (χ1) is 20.9. The Bertz CT molecular complexity index is 1040. The van der Waals surface area contributed by atoms with E-state index in [-0.39, 0.29) is 38.1 Å². The van der Waals surface area contributed by atoms with Crippen LogP contribution in [0.15, 0.2) is 6.33 Å². The Morgan fingerprint density at radius 3 is 2.02 bits per heavy atom. The number of methoxy groups -OCH3 is 1. The molecule has 1 unspecified atom stereocenters. The summed E-state index contributed by atoms with van der Waals surface area (Å²) in [6.07, 6.45) is 21.7. The molecule has 12 nitrogen and oxygen atoms in total. The third kappa shape index (κ3) is 16.7. The molecule has 5 N–H and O–H groups in total. The molecule has 2 aromatic heterocycles. The zero-order valence-electron chi connectivity index (χ0n) is 26.6. The molecule has 0 amide bonds. The minimum absolute atomic E-state index is 0.0204. The molecule has 2 rings (SSSR count). The molecule has 0 saturated heterocycles. The second-order valence-corrected chi connectivity index (χ2v) is 13.1. The van der Waals surface area contributed by atoms with Gasteiger partial charge in [0.15, 0.2) is 11.5 Å². The number of unbranched alkanes of at least 4 members (excludes halogenated alkanes) is 15. The molecule has 0 radical (unpaired) electrons. The molecule has 0 aliphatic rings. The van der Waals surface area contributed by atoms with E-state index in [2.05, 4.69) is 21.9 Å². The quantitative estimate of drug-likeness (QED) is 0.0698. The normalized spacial score (nSPS) is 13.9. The number of nitrogen functional groups attached to an aromatic ring is 2. The molecule has 0 bridgehead atoms. The highest BCUT2D eigenvalue weighted by Crippen LogP contribution is 2.42. The molecule has 0 aliphatic heterocycles. The van der Waals surface area contributed by atoms with Gasteiger partial charge in [-0.15, -0.1) is 0 Å². The summed E-state index contributed by atoms with van der Waals surface area (Å²) in [4.78, 5) is 22.5. The molecule has 0 aliphatic carbocycles. The summed E-state index contributed by atoms with van der Waals surface area (Å²) >= 11 is 0. The minimum Gasteiger partial charge on any atom is -0.382 e. The molecule has 13 heteroatoms. The predicted molar refractivity (Wildman–Crippen MR) is 172 cm³/mol. The summed E-state index contributed by atoms with van der Waals surface area (Å²) in [6.45, 7) is 3.61. The van der Waals surface area contributed by atoms with Crippen molar-refractivity contribution in [2.75, 3.05) is 51.4 Å².